The summed E-state index contributed by atoms with van der Waals surface area (Å²) in [5.74, 6) is -1.15. The van der Waals surface area contributed by atoms with Crippen molar-refractivity contribution in [3.8, 4) is 5.75 Å². The molecule has 1 atom stereocenters. The number of nitrogens with zero attached hydrogens (tertiary/aromatic N) is 1. The molecule has 0 radical (unpaired) electrons. The molecule has 2 aromatic rings. The molecule has 0 unspecified atom stereocenters. The van der Waals surface area contributed by atoms with Crippen molar-refractivity contribution in [2.24, 2.45) is 5.92 Å². The molecule has 1 fully saturated rings. The summed E-state index contributed by atoms with van der Waals surface area (Å²) in [5.41, 5.74) is 1.10. The third-order valence-electron chi connectivity index (χ3n) is 4.42. The summed E-state index contributed by atoms with van der Waals surface area (Å²) in [7, 11) is -2.19. The highest BCUT2D eigenvalue weighted by Gasteiger charge is 2.42. The number of halogens is 1. The Morgan fingerprint density at radius 2 is 2.00 bits per heavy atom. The molecule has 1 saturated heterocycles. The van der Waals surface area contributed by atoms with Gasteiger partial charge in [-0.3, -0.25) is 9.59 Å². The lowest BCUT2D eigenvalue weighted by Crippen LogP contribution is -2.30. The highest BCUT2D eigenvalue weighted by molar-refractivity contribution is 7.94. The predicted molar refractivity (Wildman–Crippen MR) is 106 cm³/mol. The summed E-state index contributed by atoms with van der Waals surface area (Å²) in [6.45, 7) is 1.79. The predicted octanol–water partition coefficient (Wildman–Crippen LogP) is 2.59. The molecule has 1 aliphatic rings. The number of carbonyl (C=O) groups is 2. The third kappa shape index (κ3) is 3.83. The van der Waals surface area contributed by atoms with Gasteiger partial charge in [-0.05, 0) is 24.3 Å². The summed E-state index contributed by atoms with van der Waals surface area (Å²) >= 11 is 6.20. The van der Waals surface area contributed by atoms with Crippen molar-refractivity contribution in [3.63, 3.8) is 0 Å². The normalized spacial score (nSPS) is 18.2. The monoisotopic (exact) mass is 422 g/mol. The van der Waals surface area contributed by atoms with Gasteiger partial charge in [0.05, 0.1) is 35.1 Å². The first-order valence-corrected chi connectivity index (χ1v) is 10.5. The maximum Gasteiger partial charge on any atom is 0.253 e. The minimum absolute atomic E-state index is 0.0533. The second-order valence-corrected chi connectivity index (χ2v) is 8.71. The van der Waals surface area contributed by atoms with Gasteiger partial charge in [0, 0.05) is 12.1 Å². The summed E-state index contributed by atoms with van der Waals surface area (Å²) in [5, 5.41) is 2.80. The second kappa shape index (κ2) is 7.81. The van der Waals surface area contributed by atoms with Gasteiger partial charge in [-0.15, -0.1) is 0 Å². The minimum atomic E-state index is -3.73. The second-order valence-electron chi connectivity index (χ2n) is 6.44. The number of carbonyl (C=O) groups excluding carboxylic acids is 2. The molecule has 2 amide bonds. The Kier molecular flexibility index (Phi) is 5.62. The van der Waals surface area contributed by atoms with Crippen LogP contribution in [0.4, 0.5) is 5.69 Å². The largest absolute Gasteiger partial charge is 0.496 e. The van der Waals surface area contributed by atoms with Crippen molar-refractivity contribution in [2.45, 2.75) is 13.5 Å². The van der Waals surface area contributed by atoms with Crippen LogP contribution in [0.3, 0.4) is 0 Å². The molecule has 1 N–H and O–H groups in total. The Balaban J connectivity index is 1.79. The zero-order valence-electron chi connectivity index (χ0n) is 15.3. The molecule has 28 heavy (non-hydrogen) atoms. The maximum atomic E-state index is 12.5. The van der Waals surface area contributed by atoms with Crippen LogP contribution in [0.5, 0.6) is 5.75 Å². The number of rotatable bonds is 5. The number of hydrogen-bond donors (Lipinski definition) is 1. The van der Waals surface area contributed by atoms with Crippen molar-refractivity contribution in [2.75, 3.05) is 17.2 Å². The molecule has 148 valence electrons. The van der Waals surface area contributed by atoms with E-state index in [0.29, 0.717) is 5.75 Å². The van der Waals surface area contributed by atoms with Crippen LogP contribution in [-0.4, -0.2) is 33.1 Å². The smallest absolute Gasteiger partial charge is 0.253 e. The fraction of sp³-hybridized carbons (Fsp3) is 0.263. The molecule has 7 nitrogen and oxygen atoms in total. The average molecular weight is 423 g/mol. The topological polar surface area (TPSA) is 92.8 Å². The van der Waals surface area contributed by atoms with E-state index in [2.05, 4.69) is 5.32 Å². The molecule has 0 saturated carbocycles. The zero-order chi connectivity index (χ0) is 20.5. The molecular formula is C19H19ClN2O5S. The number of ether oxygens (including phenoxy) is 1. The van der Waals surface area contributed by atoms with Gasteiger partial charge in [0.1, 0.15) is 5.75 Å². The molecule has 9 heteroatoms. The van der Waals surface area contributed by atoms with Crippen molar-refractivity contribution in [3.05, 3.63) is 58.6 Å². The first-order chi connectivity index (χ1) is 13.2. The number of sulfonamides is 1. The van der Waals surface area contributed by atoms with E-state index in [9.17, 15) is 18.0 Å². The fourth-order valence-electron chi connectivity index (χ4n) is 3.02. The van der Waals surface area contributed by atoms with Crippen LogP contribution in [0.1, 0.15) is 22.8 Å². The number of amides is 2. The molecular weight excluding hydrogens is 404 g/mol. The van der Waals surface area contributed by atoms with Crippen LogP contribution in [0.15, 0.2) is 42.5 Å². The standard InChI is InChI=1S/C19H19ClN2O5S/c1-12-11-28(25,26)22(19(12)24)14-7-8-15(16(20)9-14)18(23)21-10-13-5-3-4-6-17(13)27-2/h3-9,12H,10-11H2,1-2H3,(H,21,23)/t12-/m0/s1. The summed E-state index contributed by atoms with van der Waals surface area (Å²) in [4.78, 5) is 24.7. The lowest BCUT2D eigenvalue weighted by atomic mass is 10.1. The van der Waals surface area contributed by atoms with Crippen LogP contribution < -0.4 is 14.4 Å². The molecule has 3 rings (SSSR count). The van der Waals surface area contributed by atoms with E-state index in [1.165, 1.54) is 18.2 Å². The Bertz CT molecular complexity index is 1040. The van der Waals surface area contributed by atoms with E-state index in [1.807, 2.05) is 18.2 Å². The molecule has 0 aliphatic carbocycles. The fourth-order valence-corrected chi connectivity index (χ4v) is 5.09. The van der Waals surface area contributed by atoms with Crippen molar-refractivity contribution in [1.82, 2.24) is 5.32 Å². The van der Waals surface area contributed by atoms with Gasteiger partial charge in [0.25, 0.3) is 5.91 Å². The van der Waals surface area contributed by atoms with Crippen molar-refractivity contribution >= 4 is 39.1 Å². The maximum absolute atomic E-state index is 12.5. The van der Waals surface area contributed by atoms with E-state index < -0.39 is 27.8 Å². The Labute approximate surface area is 168 Å². The summed E-state index contributed by atoms with van der Waals surface area (Å²) in [6.07, 6.45) is 0. The van der Waals surface area contributed by atoms with E-state index in [0.717, 1.165) is 9.87 Å². The van der Waals surface area contributed by atoms with Gasteiger partial charge < -0.3 is 10.1 Å². The number of nitrogens with one attached hydrogen (secondary N) is 1. The highest BCUT2D eigenvalue weighted by Crippen LogP contribution is 2.31. The Morgan fingerprint density at radius 3 is 2.61 bits per heavy atom. The van der Waals surface area contributed by atoms with E-state index in [4.69, 9.17) is 16.3 Å². The van der Waals surface area contributed by atoms with Gasteiger partial charge in [-0.2, -0.15) is 0 Å². The van der Waals surface area contributed by atoms with Crippen LogP contribution in [0.25, 0.3) is 0 Å². The Hall–Kier alpha value is -2.58. The van der Waals surface area contributed by atoms with Crippen LogP contribution in [0, 0.1) is 5.92 Å². The van der Waals surface area contributed by atoms with Gasteiger partial charge in [-0.25, -0.2) is 12.7 Å². The van der Waals surface area contributed by atoms with Gasteiger partial charge in [0.2, 0.25) is 15.9 Å². The number of hydrogen-bond acceptors (Lipinski definition) is 5. The number of methoxy groups -OCH3 is 1. The lowest BCUT2D eigenvalue weighted by Gasteiger charge is -2.16. The highest BCUT2D eigenvalue weighted by atomic mass is 35.5. The Morgan fingerprint density at radius 1 is 1.29 bits per heavy atom. The average Bonchev–Trinajstić information content (AvgIpc) is 2.86. The SMILES string of the molecule is COc1ccccc1CNC(=O)c1ccc(N2C(=O)[C@@H](C)CS2(=O)=O)cc1Cl. The van der Waals surface area contributed by atoms with Gasteiger partial charge in [0.15, 0.2) is 0 Å². The number of anilines is 1. The minimum Gasteiger partial charge on any atom is -0.496 e. The number of para-hydroxylation sites is 1. The van der Waals surface area contributed by atoms with E-state index in [1.54, 1.807) is 20.1 Å². The lowest BCUT2D eigenvalue weighted by molar-refractivity contribution is -0.119. The molecule has 2 aromatic carbocycles. The van der Waals surface area contributed by atoms with E-state index >= 15 is 0 Å². The van der Waals surface area contributed by atoms with Crippen LogP contribution in [-0.2, 0) is 21.4 Å². The first kappa shape index (κ1) is 20.2. The first-order valence-electron chi connectivity index (χ1n) is 8.51. The van der Waals surface area contributed by atoms with Gasteiger partial charge in [-0.1, -0.05) is 36.7 Å². The number of benzene rings is 2. The van der Waals surface area contributed by atoms with Crippen LogP contribution >= 0.6 is 11.6 Å². The van der Waals surface area contributed by atoms with Gasteiger partial charge >= 0.3 is 0 Å². The van der Waals surface area contributed by atoms with E-state index in [-0.39, 0.29) is 28.6 Å². The molecule has 0 bridgehead atoms. The molecule has 0 aromatic heterocycles. The summed E-state index contributed by atoms with van der Waals surface area (Å²) < 4.78 is 30.4. The molecule has 1 heterocycles. The third-order valence-corrected chi connectivity index (χ3v) is 6.61. The molecule has 1 aliphatic heterocycles. The van der Waals surface area contributed by atoms with Crippen molar-refractivity contribution < 1.29 is 22.7 Å². The zero-order valence-corrected chi connectivity index (χ0v) is 16.9. The molecule has 0 spiro atoms. The summed E-state index contributed by atoms with van der Waals surface area (Å²) in [6, 6.07) is 11.4. The quantitative estimate of drug-likeness (QED) is 0.799. The van der Waals surface area contributed by atoms with Crippen molar-refractivity contribution in [1.29, 1.82) is 0 Å². The van der Waals surface area contributed by atoms with Crippen LogP contribution in [0.2, 0.25) is 5.02 Å².